The minimum atomic E-state index is 0.396. The van der Waals surface area contributed by atoms with Gasteiger partial charge in [-0.15, -0.1) is 0 Å². The number of likely N-dealkylation sites (tertiary alicyclic amines) is 1. The van der Waals surface area contributed by atoms with Gasteiger partial charge in [-0.05, 0) is 36.6 Å². The zero-order valence-corrected chi connectivity index (χ0v) is 12.0. The molecule has 19 heavy (non-hydrogen) atoms. The van der Waals surface area contributed by atoms with E-state index in [0.717, 1.165) is 19.5 Å². The Kier molecular flexibility index (Phi) is 5.46. The summed E-state index contributed by atoms with van der Waals surface area (Å²) in [6.07, 6.45) is 9.40. The van der Waals surface area contributed by atoms with E-state index in [2.05, 4.69) is 54.4 Å². The highest BCUT2D eigenvalue weighted by Gasteiger charge is 2.24. The Morgan fingerprint density at radius 2 is 2.11 bits per heavy atom. The molecule has 1 heterocycles. The summed E-state index contributed by atoms with van der Waals surface area (Å²) in [5.41, 5.74) is 7.50. The van der Waals surface area contributed by atoms with E-state index in [0.29, 0.717) is 12.0 Å². The van der Waals surface area contributed by atoms with Crippen molar-refractivity contribution in [2.45, 2.75) is 38.6 Å². The fourth-order valence-corrected chi connectivity index (χ4v) is 2.74. The molecule has 0 radical (unpaired) electrons. The molecule has 0 aromatic heterocycles. The Labute approximate surface area is 117 Å². The highest BCUT2D eigenvalue weighted by molar-refractivity contribution is 5.48. The van der Waals surface area contributed by atoms with E-state index in [-0.39, 0.29) is 0 Å². The zero-order chi connectivity index (χ0) is 13.5. The van der Waals surface area contributed by atoms with E-state index in [9.17, 15) is 0 Å². The molecule has 1 aromatic carbocycles. The van der Waals surface area contributed by atoms with E-state index in [4.69, 9.17) is 5.73 Å². The van der Waals surface area contributed by atoms with Crippen molar-refractivity contribution in [3.63, 3.8) is 0 Å². The van der Waals surface area contributed by atoms with Crippen LogP contribution in [0.5, 0.6) is 0 Å². The van der Waals surface area contributed by atoms with Crippen molar-refractivity contribution in [1.82, 2.24) is 4.90 Å². The molecule has 0 aliphatic carbocycles. The Balaban J connectivity index is 1.89. The minimum absolute atomic E-state index is 0.396. The smallest absolute Gasteiger partial charge is 0.0215 e. The zero-order valence-electron chi connectivity index (χ0n) is 12.0. The van der Waals surface area contributed by atoms with Crippen LogP contribution in [0.3, 0.4) is 0 Å². The molecule has 0 spiro atoms. The Morgan fingerprint density at radius 1 is 1.32 bits per heavy atom. The summed E-state index contributed by atoms with van der Waals surface area (Å²) in [4.78, 5) is 2.43. The Hall–Kier alpha value is -1.28. The molecule has 2 rings (SSSR count). The number of nitrogens with two attached hydrogens (primary N) is 1. The molecule has 2 atom stereocenters. The van der Waals surface area contributed by atoms with Gasteiger partial charge in [-0.2, -0.15) is 0 Å². The third-order valence-electron chi connectivity index (χ3n) is 4.03. The second kappa shape index (κ2) is 7.34. The van der Waals surface area contributed by atoms with Crippen LogP contribution in [-0.4, -0.2) is 24.0 Å². The van der Waals surface area contributed by atoms with Crippen molar-refractivity contribution in [2.75, 3.05) is 13.1 Å². The van der Waals surface area contributed by atoms with Crippen LogP contribution >= 0.6 is 0 Å². The van der Waals surface area contributed by atoms with E-state index in [1.165, 1.54) is 24.8 Å². The molecule has 0 bridgehead atoms. The first-order valence-corrected chi connectivity index (χ1v) is 7.52. The summed E-state index contributed by atoms with van der Waals surface area (Å²) in [5, 5.41) is 0. The van der Waals surface area contributed by atoms with Crippen LogP contribution in [0.4, 0.5) is 0 Å². The number of hydrogen-bond acceptors (Lipinski definition) is 2. The quantitative estimate of drug-likeness (QED) is 0.876. The summed E-state index contributed by atoms with van der Waals surface area (Å²) in [6.45, 7) is 4.46. The lowest BCUT2D eigenvalue weighted by Gasteiger charge is -2.36. The van der Waals surface area contributed by atoms with Crippen LogP contribution in [0.25, 0.3) is 6.08 Å². The molecule has 1 saturated heterocycles. The molecule has 104 valence electrons. The maximum atomic E-state index is 6.24. The largest absolute Gasteiger partial charge is 0.377 e. The van der Waals surface area contributed by atoms with E-state index >= 15 is 0 Å². The fourth-order valence-electron chi connectivity index (χ4n) is 2.74. The molecule has 2 N–H and O–H groups in total. The van der Waals surface area contributed by atoms with Crippen LogP contribution < -0.4 is 5.73 Å². The minimum Gasteiger partial charge on any atom is -0.377 e. The summed E-state index contributed by atoms with van der Waals surface area (Å²) >= 11 is 0. The molecular formula is C17H26N2. The molecule has 2 heteroatoms. The van der Waals surface area contributed by atoms with Gasteiger partial charge in [0.15, 0.2) is 0 Å². The number of rotatable bonds is 5. The Bertz CT molecular complexity index is 386. The van der Waals surface area contributed by atoms with E-state index in [1.807, 2.05) is 0 Å². The first-order valence-electron chi connectivity index (χ1n) is 7.52. The third kappa shape index (κ3) is 4.39. The molecule has 1 aromatic rings. The van der Waals surface area contributed by atoms with Crippen molar-refractivity contribution in [1.29, 1.82) is 0 Å². The summed E-state index contributed by atoms with van der Waals surface area (Å²) in [6, 6.07) is 10.9. The van der Waals surface area contributed by atoms with Gasteiger partial charge in [-0.3, -0.25) is 0 Å². The maximum Gasteiger partial charge on any atom is 0.0215 e. The van der Waals surface area contributed by atoms with Crippen molar-refractivity contribution in [3.05, 3.63) is 42.1 Å². The molecule has 1 aliphatic rings. The van der Waals surface area contributed by atoms with Gasteiger partial charge in [0, 0.05) is 19.1 Å². The molecule has 0 amide bonds. The van der Waals surface area contributed by atoms with Gasteiger partial charge < -0.3 is 10.6 Å². The average molecular weight is 258 g/mol. The number of benzene rings is 1. The highest BCUT2D eigenvalue weighted by atomic mass is 15.1. The number of piperidine rings is 1. The lowest BCUT2D eigenvalue weighted by atomic mass is 9.88. The average Bonchev–Trinajstić information content (AvgIpc) is 2.46. The van der Waals surface area contributed by atoms with Crippen molar-refractivity contribution >= 4 is 6.08 Å². The van der Waals surface area contributed by atoms with E-state index in [1.54, 1.807) is 0 Å². The van der Waals surface area contributed by atoms with Crippen molar-refractivity contribution in [2.24, 2.45) is 11.7 Å². The molecule has 1 aliphatic heterocycles. The van der Waals surface area contributed by atoms with Crippen molar-refractivity contribution in [3.8, 4) is 0 Å². The third-order valence-corrected chi connectivity index (χ3v) is 4.03. The summed E-state index contributed by atoms with van der Waals surface area (Å²) < 4.78 is 0. The normalized spacial score (nSPS) is 24.0. The van der Waals surface area contributed by atoms with Gasteiger partial charge in [0.05, 0.1) is 0 Å². The topological polar surface area (TPSA) is 29.3 Å². The number of hydrogen-bond donors (Lipinski definition) is 1. The van der Waals surface area contributed by atoms with E-state index < -0.39 is 0 Å². The van der Waals surface area contributed by atoms with Crippen LogP contribution in [0.2, 0.25) is 0 Å². The maximum absolute atomic E-state index is 6.24. The lowest BCUT2D eigenvalue weighted by molar-refractivity contribution is 0.196. The van der Waals surface area contributed by atoms with Crippen molar-refractivity contribution < 1.29 is 0 Å². The van der Waals surface area contributed by atoms with Gasteiger partial charge in [-0.25, -0.2) is 0 Å². The monoisotopic (exact) mass is 258 g/mol. The highest BCUT2D eigenvalue weighted by Crippen LogP contribution is 2.21. The number of unbranched alkanes of at least 4 members (excludes halogenated alkanes) is 1. The number of nitrogens with zero attached hydrogens (tertiary/aromatic N) is 1. The molecular weight excluding hydrogens is 232 g/mol. The fraction of sp³-hybridized carbons (Fsp3) is 0.529. The second-order valence-corrected chi connectivity index (χ2v) is 5.58. The van der Waals surface area contributed by atoms with Crippen LogP contribution in [0, 0.1) is 5.92 Å². The van der Waals surface area contributed by atoms with Gasteiger partial charge in [-0.1, -0.05) is 50.1 Å². The molecule has 1 fully saturated rings. The predicted octanol–water partition coefficient (Wildman–Crippen LogP) is 3.50. The van der Waals surface area contributed by atoms with Gasteiger partial charge in [0.25, 0.3) is 0 Å². The van der Waals surface area contributed by atoms with Crippen LogP contribution in [-0.2, 0) is 0 Å². The Morgan fingerprint density at radius 3 is 2.84 bits per heavy atom. The van der Waals surface area contributed by atoms with Crippen LogP contribution in [0.15, 0.2) is 36.5 Å². The first-order chi connectivity index (χ1) is 9.29. The van der Waals surface area contributed by atoms with Crippen LogP contribution in [0.1, 0.15) is 38.2 Å². The second-order valence-electron chi connectivity index (χ2n) is 5.58. The summed E-state index contributed by atoms with van der Waals surface area (Å²) in [7, 11) is 0. The predicted molar refractivity (Wildman–Crippen MR) is 82.7 cm³/mol. The lowest BCUT2D eigenvalue weighted by Crippen LogP contribution is -2.45. The molecule has 2 unspecified atom stereocenters. The first kappa shape index (κ1) is 14.1. The SMILES string of the molecule is CCCCC1CN(C=Cc2ccccc2)CCC1N. The molecule has 2 nitrogen and oxygen atoms in total. The van der Waals surface area contributed by atoms with Gasteiger partial charge in [0.2, 0.25) is 0 Å². The van der Waals surface area contributed by atoms with Gasteiger partial charge >= 0.3 is 0 Å². The standard InChI is InChI=1S/C17H26N2/c1-2-3-9-16-14-19(13-11-17(16)18)12-10-15-7-5-4-6-8-15/h4-8,10,12,16-17H,2-3,9,11,13-14,18H2,1H3. The summed E-state index contributed by atoms with van der Waals surface area (Å²) in [5.74, 6) is 0.661. The molecule has 0 saturated carbocycles. The van der Waals surface area contributed by atoms with Gasteiger partial charge in [0.1, 0.15) is 0 Å².